The van der Waals surface area contributed by atoms with Crippen molar-refractivity contribution in [3.8, 4) is 0 Å². The number of rotatable bonds is 6. The van der Waals surface area contributed by atoms with Crippen molar-refractivity contribution in [3.63, 3.8) is 0 Å². The Morgan fingerprint density at radius 1 is 1.19 bits per heavy atom. The molecule has 0 radical (unpaired) electrons. The first-order chi connectivity index (χ1) is 7.49. The van der Waals surface area contributed by atoms with Crippen LogP contribution in [-0.2, 0) is 0 Å². The van der Waals surface area contributed by atoms with Crippen LogP contribution in [0, 0.1) is 17.8 Å². The lowest BCUT2D eigenvalue weighted by Crippen LogP contribution is -2.36. The smallest absolute Gasteiger partial charge is 0.00701 e. The summed E-state index contributed by atoms with van der Waals surface area (Å²) in [5.41, 5.74) is 0. The summed E-state index contributed by atoms with van der Waals surface area (Å²) < 4.78 is 0. The Bertz CT molecular complexity index is 191. The average Bonchev–Trinajstić information content (AvgIpc) is 2.44. The molecule has 1 fully saturated rings. The molecule has 2 nitrogen and oxygen atoms in total. The fourth-order valence-electron chi connectivity index (χ4n) is 2.72. The topological polar surface area (TPSA) is 15.3 Å². The van der Waals surface area contributed by atoms with Gasteiger partial charge >= 0.3 is 0 Å². The third-order valence-corrected chi connectivity index (χ3v) is 3.50. The van der Waals surface area contributed by atoms with Crippen LogP contribution in [0.15, 0.2) is 0 Å². The molecule has 1 N–H and O–H groups in total. The molecule has 96 valence electrons. The summed E-state index contributed by atoms with van der Waals surface area (Å²) in [6.07, 6.45) is 1.38. The Labute approximate surface area is 102 Å². The molecule has 1 aliphatic rings. The highest BCUT2D eigenvalue weighted by Crippen LogP contribution is 2.22. The maximum atomic E-state index is 3.56. The monoisotopic (exact) mass is 226 g/mol. The largest absolute Gasteiger partial charge is 0.316 e. The van der Waals surface area contributed by atoms with E-state index in [0.29, 0.717) is 0 Å². The van der Waals surface area contributed by atoms with Crippen LogP contribution in [0.1, 0.15) is 41.0 Å². The second kappa shape index (κ2) is 6.61. The van der Waals surface area contributed by atoms with Crippen LogP contribution in [0.25, 0.3) is 0 Å². The molecule has 1 aliphatic heterocycles. The molecule has 0 aliphatic carbocycles. The van der Waals surface area contributed by atoms with Crippen LogP contribution in [0.2, 0.25) is 0 Å². The van der Waals surface area contributed by atoms with Crippen LogP contribution < -0.4 is 5.32 Å². The van der Waals surface area contributed by atoms with E-state index in [-0.39, 0.29) is 0 Å². The first-order valence-corrected chi connectivity index (χ1v) is 6.93. The van der Waals surface area contributed by atoms with Crippen LogP contribution in [-0.4, -0.2) is 37.1 Å². The molecular formula is C14H30N2. The molecular weight excluding hydrogens is 196 g/mol. The fourth-order valence-corrected chi connectivity index (χ4v) is 2.72. The van der Waals surface area contributed by atoms with E-state index in [4.69, 9.17) is 0 Å². The lowest BCUT2D eigenvalue weighted by Gasteiger charge is -2.25. The lowest BCUT2D eigenvalue weighted by atomic mass is 10.1. The maximum Gasteiger partial charge on any atom is 0.00701 e. The van der Waals surface area contributed by atoms with Gasteiger partial charge in [-0.25, -0.2) is 0 Å². The van der Waals surface area contributed by atoms with Gasteiger partial charge in [0.05, 0.1) is 0 Å². The van der Waals surface area contributed by atoms with Crippen molar-refractivity contribution in [2.45, 2.75) is 47.1 Å². The number of likely N-dealkylation sites (tertiary alicyclic amines) is 1. The summed E-state index contributed by atoms with van der Waals surface area (Å²) >= 11 is 0. The third-order valence-electron chi connectivity index (χ3n) is 3.50. The van der Waals surface area contributed by atoms with Crippen LogP contribution in [0.3, 0.4) is 0 Å². The summed E-state index contributed by atoms with van der Waals surface area (Å²) in [6, 6.07) is 0.794. The normalized spacial score (nSPS) is 28.9. The summed E-state index contributed by atoms with van der Waals surface area (Å²) in [6.45, 7) is 16.5. The number of nitrogens with zero attached hydrogens (tertiary/aromatic N) is 1. The van der Waals surface area contributed by atoms with Crippen LogP contribution in [0.5, 0.6) is 0 Å². The van der Waals surface area contributed by atoms with E-state index in [2.05, 4.69) is 44.8 Å². The predicted molar refractivity (Wildman–Crippen MR) is 71.7 cm³/mol. The second-order valence-electron chi connectivity index (χ2n) is 6.30. The molecule has 0 saturated carbocycles. The van der Waals surface area contributed by atoms with Gasteiger partial charge in [0.25, 0.3) is 0 Å². The minimum absolute atomic E-state index is 0.762. The van der Waals surface area contributed by atoms with Gasteiger partial charge in [-0.2, -0.15) is 0 Å². The Morgan fingerprint density at radius 2 is 1.88 bits per heavy atom. The summed E-state index contributed by atoms with van der Waals surface area (Å²) in [5, 5.41) is 3.56. The summed E-state index contributed by atoms with van der Waals surface area (Å²) in [4.78, 5) is 2.66. The van der Waals surface area contributed by atoms with E-state index >= 15 is 0 Å². The number of nitrogens with one attached hydrogen (secondary N) is 1. The zero-order chi connectivity index (χ0) is 12.1. The van der Waals surface area contributed by atoms with Crippen molar-refractivity contribution in [2.75, 3.05) is 26.2 Å². The highest BCUT2D eigenvalue weighted by atomic mass is 15.2. The molecule has 3 atom stereocenters. The second-order valence-corrected chi connectivity index (χ2v) is 6.30. The highest BCUT2D eigenvalue weighted by Gasteiger charge is 2.26. The van der Waals surface area contributed by atoms with Gasteiger partial charge in [0.1, 0.15) is 0 Å². The Balaban J connectivity index is 2.16. The van der Waals surface area contributed by atoms with Crippen molar-refractivity contribution in [2.24, 2.45) is 17.8 Å². The lowest BCUT2D eigenvalue weighted by molar-refractivity contribution is 0.225. The fraction of sp³-hybridized carbons (Fsp3) is 1.00. The molecule has 1 saturated heterocycles. The molecule has 0 spiro atoms. The average molecular weight is 226 g/mol. The molecule has 1 rings (SSSR count). The van der Waals surface area contributed by atoms with Crippen molar-refractivity contribution in [1.82, 2.24) is 10.2 Å². The van der Waals surface area contributed by atoms with Crippen molar-refractivity contribution in [3.05, 3.63) is 0 Å². The third kappa shape index (κ3) is 4.84. The van der Waals surface area contributed by atoms with Gasteiger partial charge in [-0.1, -0.05) is 27.7 Å². The molecule has 1 heterocycles. The molecule has 0 amide bonds. The van der Waals surface area contributed by atoms with E-state index in [1.165, 1.54) is 19.5 Å². The standard InChI is InChI=1S/C14H30N2/c1-11(2)7-15-8-13(4)10-16-9-12(3)6-14(16)5/h11-15H,6-10H2,1-5H3. The van der Waals surface area contributed by atoms with Gasteiger partial charge in [-0.15, -0.1) is 0 Å². The Hall–Kier alpha value is -0.0800. The number of hydrogen-bond acceptors (Lipinski definition) is 2. The molecule has 2 heteroatoms. The Kier molecular flexibility index (Phi) is 5.77. The van der Waals surface area contributed by atoms with E-state index < -0.39 is 0 Å². The SMILES string of the molecule is CC(C)CNCC(C)CN1CC(C)CC1C. The minimum Gasteiger partial charge on any atom is -0.316 e. The van der Waals surface area contributed by atoms with E-state index in [1.807, 2.05) is 0 Å². The molecule has 0 aromatic heterocycles. The Morgan fingerprint density at radius 3 is 2.38 bits per heavy atom. The number of hydrogen-bond donors (Lipinski definition) is 1. The molecule has 0 bridgehead atoms. The van der Waals surface area contributed by atoms with Crippen molar-refractivity contribution < 1.29 is 0 Å². The van der Waals surface area contributed by atoms with Gasteiger partial charge in [0.15, 0.2) is 0 Å². The van der Waals surface area contributed by atoms with E-state index in [0.717, 1.165) is 36.9 Å². The molecule has 16 heavy (non-hydrogen) atoms. The first-order valence-electron chi connectivity index (χ1n) is 6.93. The highest BCUT2D eigenvalue weighted by molar-refractivity contribution is 4.81. The summed E-state index contributed by atoms with van der Waals surface area (Å²) in [5.74, 6) is 2.43. The van der Waals surface area contributed by atoms with Gasteiger partial charge in [-0.05, 0) is 44.2 Å². The van der Waals surface area contributed by atoms with Crippen LogP contribution in [0.4, 0.5) is 0 Å². The van der Waals surface area contributed by atoms with Gasteiger partial charge < -0.3 is 10.2 Å². The minimum atomic E-state index is 0.762. The van der Waals surface area contributed by atoms with Gasteiger partial charge in [-0.3, -0.25) is 0 Å². The van der Waals surface area contributed by atoms with Gasteiger partial charge in [0.2, 0.25) is 0 Å². The van der Waals surface area contributed by atoms with Crippen molar-refractivity contribution >= 4 is 0 Å². The maximum absolute atomic E-state index is 3.56. The quantitative estimate of drug-likeness (QED) is 0.749. The summed E-state index contributed by atoms with van der Waals surface area (Å²) in [7, 11) is 0. The predicted octanol–water partition coefficient (Wildman–Crippen LogP) is 2.60. The first kappa shape index (κ1) is 14.0. The van der Waals surface area contributed by atoms with Gasteiger partial charge in [0, 0.05) is 19.1 Å². The van der Waals surface area contributed by atoms with E-state index in [1.54, 1.807) is 0 Å². The van der Waals surface area contributed by atoms with E-state index in [9.17, 15) is 0 Å². The van der Waals surface area contributed by atoms with Crippen molar-refractivity contribution in [1.29, 1.82) is 0 Å². The molecule has 3 unspecified atom stereocenters. The zero-order valence-electron chi connectivity index (χ0n) is 11.8. The zero-order valence-corrected chi connectivity index (χ0v) is 11.8. The molecule has 0 aromatic rings. The molecule has 0 aromatic carbocycles. The van der Waals surface area contributed by atoms with Crippen LogP contribution >= 0.6 is 0 Å².